The van der Waals surface area contributed by atoms with Gasteiger partial charge in [-0.05, 0) is 36.4 Å². The fourth-order valence-electron chi connectivity index (χ4n) is 2.22. The van der Waals surface area contributed by atoms with Crippen LogP contribution in [0.3, 0.4) is 0 Å². The van der Waals surface area contributed by atoms with E-state index in [9.17, 15) is 4.79 Å². The molecule has 1 amide bonds. The van der Waals surface area contributed by atoms with Gasteiger partial charge in [0.05, 0.1) is 18.9 Å². The molecule has 1 aromatic carbocycles. The van der Waals surface area contributed by atoms with Crippen LogP contribution in [0.2, 0.25) is 0 Å². The summed E-state index contributed by atoms with van der Waals surface area (Å²) in [6.45, 7) is 5.42. The zero-order chi connectivity index (χ0) is 16.7. The van der Waals surface area contributed by atoms with Gasteiger partial charge in [0.25, 0.3) is 0 Å². The highest BCUT2D eigenvalue weighted by Crippen LogP contribution is 2.22. The van der Waals surface area contributed by atoms with Crippen LogP contribution in [0, 0.1) is 13.8 Å². The molecule has 2 rings (SSSR count). The first kappa shape index (κ1) is 17.9. The van der Waals surface area contributed by atoms with Crippen molar-refractivity contribution < 1.29 is 9.53 Å². The van der Waals surface area contributed by atoms with Crippen LogP contribution in [-0.2, 0) is 11.3 Å². The lowest BCUT2D eigenvalue weighted by molar-refractivity contribution is -0.127. The van der Waals surface area contributed by atoms with Gasteiger partial charge in [-0.3, -0.25) is 4.79 Å². The molecule has 1 heterocycles. The maximum absolute atomic E-state index is 12.1. The molecule has 124 valence electrons. The third-order valence-corrected chi connectivity index (χ3v) is 5.27. The van der Waals surface area contributed by atoms with Gasteiger partial charge in [-0.25, -0.2) is 0 Å². The number of thioether (sulfide) groups is 1. The number of para-hydroxylation sites is 1. The molecule has 0 atom stereocenters. The van der Waals surface area contributed by atoms with Crippen molar-refractivity contribution in [2.24, 2.45) is 0 Å². The molecule has 5 heteroatoms. The summed E-state index contributed by atoms with van der Waals surface area (Å²) < 4.78 is 5.85. The number of carbonyl (C=O) groups excluding carboxylic acids is 1. The summed E-state index contributed by atoms with van der Waals surface area (Å²) in [5, 5.41) is 2.04. The van der Waals surface area contributed by atoms with E-state index in [1.165, 1.54) is 4.88 Å². The number of carbonyl (C=O) groups is 1. The van der Waals surface area contributed by atoms with Crippen molar-refractivity contribution >= 4 is 29.0 Å². The minimum atomic E-state index is 0.162. The molecule has 2 aromatic rings. The van der Waals surface area contributed by atoms with Crippen LogP contribution in [-0.4, -0.2) is 36.0 Å². The van der Waals surface area contributed by atoms with Gasteiger partial charge < -0.3 is 9.64 Å². The van der Waals surface area contributed by atoms with Gasteiger partial charge in [-0.1, -0.05) is 24.3 Å². The maximum atomic E-state index is 12.1. The Labute approximate surface area is 146 Å². The fraction of sp³-hybridized carbons (Fsp3) is 0.389. The highest BCUT2D eigenvalue weighted by Gasteiger charge is 2.10. The summed E-state index contributed by atoms with van der Waals surface area (Å²) in [5.41, 5.74) is 2.31. The Morgan fingerprint density at radius 2 is 1.96 bits per heavy atom. The first-order chi connectivity index (χ1) is 11.1. The van der Waals surface area contributed by atoms with E-state index in [1.807, 2.05) is 24.6 Å². The first-order valence-corrected chi connectivity index (χ1v) is 9.64. The molecule has 1 aromatic heterocycles. The molecule has 0 radical (unpaired) electrons. The standard InChI is InChI=1S/C18H23NO2S2/c1-14-6-4-7-15(2)18(14)21-9-11-22-13-17(20)19(3)12-16-8-5-10-23-16/h4-8,10H,9,11-13H2,1-3H3. The average Bonchev–Trinajstić information content (AvgIpc) is 3.02. The van der Waals surface area contributed by atoms with Crippen molar-refractivity contribution in [3.8, 4) is 5.75 Å². The Balaban J connectivity index is 1.66. The number of thiophene rings is 1. The predicted octanol–water partition coefficient (Wildman–Crippen LogP) is 4.14. The average molecular weight is 350 g/mol. The fourth-order valence-corrected chi connectivity index (χ4v) is 3.72. The summed E-state index contributed by atoms with van der Waals surface area (Å²) >= 11 is 3.30. The topological polar surface area (TPSA) is 29.5 Å². The Bertz CT molecular complexity index is 606. The largest absolute Gasteiger partial charge is 0.492 e. The van der Waals surface area contributed by atoms with Crippen LogP contribution in [0.25, 0.3) is 0 Å². The van der Waals surface area contributed by atoms with Crippen molar-refractivity contribution in [3.63, 3.8) is 0 Å². The van der Waals surface area contributed by atoms with Crippen molar-refractivity contribution in [1.29, 1.82) is 0 Å². The molecule has 0 fully saturated rings. The first-order valence-electron chi connectivity index (χ1n) is 7.61. The molecule has 0 unspecified atom stereocenters. The number of benzene rings is 1. The molecular weight excluding hydrogens is 326 g/mol. The summed E-state index contributed by atoms with van der Waals surface area (Å²) in [4.78, 5) is 15.1. The number of hydrogen-bond acceptors (Lipinski definition) is 4. The van der Waals surface area contributed by atoms with Gasteiger partial charge in [-0.2, -0.15) is 0 Å². The van der Waals surface area contributed by atoms with Crippen molar-refractivity contribution in [3.05, 3.63) is 51.7 Å². The number of amides is 1. The lowest BCUT2D eigenvalue weighted by Crippen LogP contribution is -2.27. The molecule has 0 spiro atoms. The van der Waals surface area contributed by atoms with Crippen LogP contribution >= 0.6 is 23.1 Å². The smallest absolute Gasteiger partial charge is 0.232 e. The third-order valence-electron chi connectivity index (χ3n) is 3.51. The zero-order valence-corrected chi connectivity index (χ0v) is 15.5. The van der Waals surface area contributed by atoms with E-state index in [1.54, 1.807) is 28.0 Å². The number of ether oxygens (including phenoxy) is 1. The predicted molar refractivity (Wildman–Crippen MR) is 99.5 cm³/mol. The van der Waals surface area contributed by atoms with Gasteiger partial charge in [0.15, 0.2) is 0 Å². The monoisotopic (exact) mass is 349 g/mol. The molecule has 0 aliphatic heterocycles. The number of hydrogen-bond donors (Lipinski definition) is 0. The van der Waals surface area contributed by atoms with E-state index in [0.29, 0.717) is 18.9 Å². The molecule has 0 aliphatic carbocycles. The lowest BCUT2D eigenvalue weighted by Gasteiger charge is -2.16. The summed E-state index contributed by atoms with van der Waals surface area (Å²) in [6.07, 6.45) is 0. The third kappa shape index (κ3) is 5.59. The second-order valence-corrected chi connectivity index (χ2v) is 7.59. The van der Waals surface area contributed by atoms with Crippen LogP contribution in [0.15, 0.2) is 35.7 Å². The van der Waals surface area contributed by atoms with Crippen LogP contribution in [0.5, 0.6) is 5.75 Å². The van der Waals surface area contributed by atoms with E-state index in [2.05, 4.69) is 32.0 Å². The van der Waals surface area contributed by atoms with Crippen molar-refractivity contribution in [2.75, 3.05) is 25.2 Å². The highest BCUT2D eigenvalue weighted by molar-refractivity contribution is 7.99. The second kappa shape index (κ2) is 8.99. The van der Waals surface area contributed by atoms with E-state index in [-0.39, 0.29) is 5.91 Å². The van der Waals surface area contributed by atoms with Crippen LogP contribution < -0.4 is 4.74 Å². The molecule has 0 saturated heterocycles. The number of rotatable bonds is 8. The van der Waals surface area contributed by atoms with Crippen LogP contribution in [0.1, 0.15) is 16.0 Å². The van der Waals surface area contributed by atoms with Gasteiger partial charge in [0.1, 0.15) is 5.75 Å². The van der Waals surface area contributed by atoms with E-state index in [0.717, 1.165) is 22.6 Å². The Hall–Kier alpha value is -1.46. The molecule has 0 bridgehead atoms. The number of nitrogens with zero attached hydrogens (tertiary/aromatic N) is 1. The molecule has 3 nitrogen and oxygen atoms in total. The summed E-state index contributed by atoms with van der Waals surface area (Å²) in [5.74, 6) is 2.44. The molecule has 0 aliphatic rings. The molecule has 23 heavy (non-hydrogen) atoms. The summed E-state index contributed by atoms with van der Waals surface area (Å²) in [6, 6.07) is 10.2. The van der Waals surface area contributed by atoms with E-state index >= 15 is 0 Å². The van der Waals surface area contributed by atoms with E-state index in [4.69, 9.17) is 4.74 Å². The SMILES string of the molecule is Cc1cccc(C)c1OCCSCC(=O)N(C)Cc1cccs1. The normalized spacial score (nSPS) is 10.6. The second-order valence-electron chi connectivity index (χ2n) is 5.45. The van der Waals surface area contributed by atoms with E-state index < -0.39 is 0 Å². The Kier molecular flexibility index (Phi) is 6.99. The van der Waals surface area contributed by atoms with Gasteiger partial charge in [-0.15, -0.1) is 23.1 Å². The molecule has 0 N–H and O–H groups in total. The highest BCUT2D eigenvalue weighted by atomic mass is 32.2. The van der Waals surface area contributed by atoms with Gasteiger partial charge in [0.2, 0.25) is 5.91 Å². The minimum absolute atomic E-state index is 0.162. The Morgan fingerprint density at radius 1 is 1.22 bits per heavy atom. The number of aryl methyl sites for hydroxylation is 2. The van der Waals surface area contributed by atoms with Crippen LogP contribution in [0.4, 0.5) is 0 Å². The quantitative estimate of drug-likeness (QED) is 0.671. The van der Waals surface area contributed by atoms with Gasteiger partial charge in [0, 0.05) is 17.7 Å². The minimum Gasteiger partial charge on any atom is -0.492 e. The molecular formula is C18H23NO2S2. The Morgan fingerprint density at radius 3 is 2.61 bits per heavy atom. The summed E-state index contributed by atoms with van der Waals surface area (Å²) in [7, 11) is 1.86. The van der Waals surface area contributed by atoms with Gasteiger partial charge >= 0.3 is 0 Å². The lowest BCUT2D eigenvalue weighted by atomic mass is 10.1. The van der Waals surface area contributed by atoms with Crippen molar-refractivity contribution in [2.45, 2.75) is 20.4 Å². The maximum Gasteiger partial charge on any atom is 0.232 e. The molecule has 0 saturated carbocycles. The zero-order valence-electron chi connectivity index (χ0n) is 13.9. The van der Waals surface area contributed by atoms with Crippen molar-refractivity contribution in [1.82, 2.24) is 4.90 Å².